The van der Waals surface area contributed by atoms with E-state index in [-0.39, 0.29) is 10.6 Å². The normalized spacial score (nSPS) is 26.4. The fraction of sp³-hybridized carbons (Fsp3) is 0.600. The number of aromatic nitrogens is 2. The third-order valence-corrected chi connectivity index (χ3v) is 4.76. The number of nitrogen functional groups attached to an aromatic ring is 1. The van der Waals surface area contributed by atoms with Crippen molar-refractivity contribution in [2.75, 3.05) is 19.5 Å². The van der Waals surface area contributed by atoms with E-state index in [9.17, 15) is 14.2 Å². The number of nitrogens with two attached hydrogens (primary N) is 1. The summed E-state index contributed by atoms with van der Waals surface area (Å²) in [5.74, 6) is -0.711. The van der Waals surface area contributed by atoms with E-state index in [1.165, 1.54) is 7.11 Å². The first kappa shape index (κ1) is 22.3. The minimum Gasteiger partial charge on any atom is -0.503 e. The summed E-state index contributed by atoms with van der Waals surface area (Å²) in [5, 5.41) is 9.74. The van der Waals surface area contributed by atoms with Gasteiger partial charge in [0.15, 0.2) is 17.8 Å². The topological polar surface area (TPSA) is 216 Å². The molecule has 0 aliphatic carbocycles. The van der Waals surface area contributed by atoms with Gasteiger partial charge in [0.2, 0.25) is 4.77 Å². The zero-order valence-corrected chi connectivity index (χ0v) is 16.2. The maximum absolute atomic E-state index is 11.3. The Kier molecular flexibility index (Phi) is 6.77. The average molecular weight is 449 g/mol. The van der Waals surface area contributed by atoms with Crippen LogP contribution in [0.25, 0.3) is 0 Å². The molecular formula is C10H17N3O11P2S. The van der Waals surface area contributed by atoms with Crippen molar-refractivity contribution >= 4 is 33.7 Å². The zero-order valence-electron chi connectivity index (χ0n) is 13.6. The Hall–Kier alpha value is -0.960. The number of methoxy groups -OCH3 is 1. The van der Waals surface area contributed by atoms with Crippen molar-refractivity contribution in [3.63, 3.8) is 0 Å². The number of hydrogen-bond acceptors (Lipinski definition) is 10. The Morgan fingerprint density at radius 2 is 1.93 bits per heavy atom. The molecule has 154 valence electrons. The van der Waals surface area contributed by atoms with Crippen molar-refractivity contribution in [3.8, 4) is 5.75 Å². The Morgan fingerprint density at radius 1 is 1.30 bits per heavy atom. The number of aromatic hydroxyl groups is 1. The molecule has 27 heavy (non-hydrogen) atoms. The summed E-state index contributed by atoms with van der Waals surface area (Å²) in [7, 11) is -8.77. The van der Waals surface area contributed by atoms with Crippen LogP contribution in [0.3, 0.4) is 0 Å². The molecule has 7 N–H and O–H groups in total. The van der Waals surface area contributed by atoms with Crippen molar-refractivity contribution in [3.05, 3.63) is 11.0 Å². The maximum atomic E-state index is 11.3. The first-order valence-corrected chi connectivity index (χ1v) is 10.5. The molecule has 2 heterocycles. The predicted octanol–water partition coefficient (Wildman–Crippen LogP) is -0.600. The van der Waals surface area contributed by atoms with Crippen LogP contribution in [0, 0.1) is 4.77 Å². The number of phosphoric acid groups is 2. The van der Waals surface area contributed by atoms with Crippen LogP contribution < -0.4 is 5.73 Å². The molecule has 17 heteroatoms. The Balaban J connectivity index is 2.41. The van der Waals surface area contributed by atoms with Crippen LogP contribution in [0.2, 0.25) is 0 Å². The first-order valence-electron chi connectivity index (χ1n) is 7.02. The average Bonchev–Trinajstić information content (AvgIpc) is 2.83. The molecule has 0 radical (unpaired) electrons. The SMILES string of the molecule is COC1C(OP(=O)(O)O)C(COP(=O)(O)O)OC1n1cc(O)c(N)nc1=S. The van der Waals surface area contributed by atoms with Gasteiger partial charge in [0.05, 0.1) is 12.8 Å². The standard InChI is InChI=1S/C10H17N3O11P2S/c1-21-7-6(24-26(18,19)20)5(3-22-25(15,16)17)23-9(7)13-2-4(14)8(11)12-10(13)27/h2,5-7,9,14H,3H2,1H3,(H2,11,12,27)(H2,15,16,17)(H2,18,19,20). The molecule has 1 aliphatic heterocycles. The van der Waals surface area contributed by atoms with Crippen molar-refractivity contribution < 1.29 is 52.3 Å². The zero-order chi connectivity index (χ0) is 20.6. The van der Waals surface area contributed by atoms with Gasteiger partial charge in [-0.05, 0) is 12.2 Å². The van der Waals surface area contributed by atoms with E-state index < -0.39 is 52.5 Å². The molecule has 0 spiro atoms. The van der Waals surface area contributed by atoms with Gasteiger partial charge in [-0.15, -0.1) is 0 Å². The van der Waals surface area contributed by atoms with Gasteiger partial charge in [0.25, 0.3) is 0 Å². The van der Waals surface area contributed by atoms with Gasteiger partial charge in [0.1, 0.15) is 18.3 Å². The molecule has 1 aromatic rings. The molecule has 4 atom stereocenters. The minimum absolute atomic E-state index is 0.163. The highest BCUT2D eigenvalue weighted by atomic mass is 32.1. The lowest BCUT2D eigenvalue weighted by atomic mass is 10.1. The predicted molar refractivity (Wildman–Crippen MR) is 88.8 cm³/mol. The van der Waals surface area contributed by atoms with Crippen LogP contribution >= 0.6 is 27.9 Å². The summed E-state index contributed by atoms with van der Waals surface area (Å²) in [6.07, 6.45) is -4.28. The summed E-state index contributed by atoms with van der Waals surface area (Å²) in [6, 6.07) is 0. The van der Waals surface area contributed by atoms with E-state index in [2.05, 4.69) is 14.0 Å². The molecule has 1 fully saturated rings. The summed E-state index contributed by atoms with van der Waals surface area (Å²) in [6.45, 7) is -0.785. The second kappa shape index (κ2) is 8.19. The van der Waals surface area contributed by atoms with Crippen LogP contribution in [-0.2, 0) is 27.7 Å². The van der Waals surface area contributed by atoms with Crippen LogP contribution in [-0.4, -0.2) is 66.3 Å². The molecule has 1 aromatic heterocycles. The number of rotatable bonds is 7. The van der Waals surface area contributed by atoms with Gasteiger partial charge in [0, 0.05) is 7.11 Å². The molecule has 4 unspecified atom stereocenters. The Bertz CT molecular complexity index is 838. The molecule has 0 amide bonds. The van der Waals surface area contributed by atoms with E-state index in [1.54, 1.807) is 0 Å². The maximum Gasteiger partial charge on any atom is 0.470 e. The highest BCUT2D eigenvalue weighted by Crippen LogP contribution is 2.46. The fourth-order valence-electron chi connectivity index (χ4n) is 2.43. The van der Waals surface area contributed by atoms with Gasteiger partial charge in [-0.3, -0.25) is 13.6 Å². The van der Waals surface area contributed by atoms with Crippen molar-refractivity contribution in [1.82, 2.24) is 9.55 Å². The molecule has 0 saturated carbocycles. The third kappa shape index (κ3) is 5.76. The van der Waals surface area contributed by atoms with Gasteiger partial charge in [-0.25, -0.2) is 9.13 Å². The molecule has 1 aliphatic rings. The number of nitrogens with zero attached hydrogens (tertiary/aromatic N) is 2. The lowest BCUT2D eigenvalue weighted by Gasteiger charge is -2.24. The van der Waals surface area contributed by atoms with E-state index in [4.69, 9.17) is 47.0 Å². The van der Waals surface area contributed by atoms with E-state index in [1.807, 2.05) is 0 Å². The smallest absolute Gasteiger partial charge is 0.470 e. The summed E-state index contributed by atoms with van der Waals surface area (Å²) >= 11 is 5.02. The number of hydrogen-bond donors (Lipinski definition) is 6. The number of ether oxygens (including phenoxy) is 2. The van der Waals surface area contributed by atoms with Gasteiger partial charge in [-0.2, -0.15) is 4.98 Å². The van der Waals surface area contributed by atoms with Crippen LogP contribution in [0.15, 0.2) is 6.20 Å². The lowest BCUT2D eigenvalue weighted by Crippen LogP contribution is -2.37. The molecular weight excluding hydrogens is 432 g/mol. The Morgan fingerprint density at radius 3 is 2.44 bits per heavy atom. The van der Waals surface area contributed by atoms with E-state index in [0.717, 1.165) is 10.8 Å². The first-order chi connectivity index (χ1) is 12.3. The monoisotopic (exact) mass is 449 g/mol. The van der Waals surface area contributed by atoms with Crippen molar-refractivity contribution in [2.24, 2.45) is 0 Å². The molecule has 0 aromatic carbocycles. The number of anilines is 1. The highest BCUT2D eigenvalue weighted by Gasteiger charge is 2.50. The molecule has 2 rings (SSSR count). The highest BCUT2D eigenvalue weighted by molar-refractivity contribution is 7.71. The molecule has 0 bridgehead atoms. The van der Waals surface area contributed by atoms with Gasteiger partial charge >= 0.3 is 15.6 Å². The van der Waals surface area contributed by atoms with Crippen LogP contribution in [0.5, 0.6) is 5.75 Å². The fourth-order valence-corrected chi connectivity index (χ4v) is 3.60. The largest absolute Gasteiger partial charge is 0.503 e. The van der Waals surface area contributed by atoms with Crippen molar-refractivity contribution in [2.45, 2.75) is 24.5 Å². The second-order valence-electron chi connectivity index (χ2n) is 5.31. The van der Waals surface area contributed by atoms with Crippen LogP contribution in [0.4, 0.5) is 5.82 Å². The minimum atomic E-state index is -5.04. The second-order valence-corrected chi connectivity index (χ2v) is 8.11. The molecule has 1 saturated heterocycles. The van der Waals surface area contributed by atoms with Crippen molar-refractivity contribution in [1.29, 1.82) is 0 Å². The Labute approximate surface area is 156 Å². The van der Waals surface area contributed by atoms with Gasteiger partial charge < -0.3 is 39.9 Å². The van der Waals surface area contributed by atoms with E-state index in [0.29, 0.717) is 0 Å². The lowest BCUT2D eigenvalue weighted by molar-refractivity contribution is -0.0612. The summed E-state index contributed by atoms with van der Waals surface area (Å²) in [5.41, 5.74) is 5.44. The third-order valence-electron chi connectivity index (χ3n) is 3.46. The quantitative estimate of drug-likeness (QED) is 0.226. The number of phosphoric ester groups is 2. The summed E-state index contributed by atoms with van der Waals surface area (Å²) < 4.78 is 42.8. The van der Waals surface area contributed by atoms with E-state index >= 15 is 0 Å². The summed E-state index contributed by atoms with van der Waals surface area (Å²) in [4.78, 5) is 39.6. The molecule has 14 nitrogen and oxygen atoms in total. The van der Waals surface area contributed by atoms with Crippen LogP contribution in [0.1, 0.15) is 6.23 Å². The van der Waals surface area contributed by atoms with Gasteiger partial charge in [-0.1, -0.05) is 0 Å².